The summed E-state index contributed by atoms with van der Waals surface area (Å²) >= 11 is 1.84. The SMILES string of the molecule is Cc1cc(C)n(-c2nc(Cc3ccccc3)nc3sc4c(c23)CCC4)n1. The highest BCUT2D eigenvalue weighted by Crippen LogP contribution is 2.39. The Kier molecular flexibility index (Phi) is 3.64. The Bertz CT molecular complexity index is 1110. The fraction of sp³-hybridized carbons (Fsp3) is 0.286. The first kappa shape index (κ1) is 15.7. The maximum Gasteiger partial charge on any atom is 0.166 e. The van der Waals surface area contributed by atoms with E-state index >= 15 is 0 Å². The van der Waals surface area contributed by atoms with Crippen LogP contribution < -0.4 is 0 Å². The Hall–Kier alpha value is -2.53. The molecular weight excluding hydrogens is 340 g/mol. The molecule has 0 amide bonds. The Labute approximate surface area is 156 Å². The van der Waals surface area contributed by atoms with Crippen LogP contribution in [-0.4, -0.2) is 19.7 Å². The minimum atomic E-state index is 0.742. The third-order valence-electron chi connectivity index (χ3n) is 5.01. The summed E-state index contributed by atoms with van der Waals surface area (Å²) in [6.45, 7) is 4.13. The zero-order valence-corrected chi connectivity index (χ0v) is 15.8. The Morgan fingerprint density at radius 1 is 1.08 bits per heavy atom. The Balaban J connectivity index is 1.73. The van der Waals surface area contributed by atoms with E-state index in [0.717, 1.165) is 40.7 Å². The molecule has 0 aliphatic heterocycles. The first-order chi connectivity index (χ1) is 12.7. The van der Waals surface area contributed by atoms with Gasteiger partial charge in [-0.05, 0) is 50.3 Å². The molecule has 1 aliphatic rings. The summed E-state index contributed by atoms with van der Waals surface area (Å²) in [5.74, 6) is 1.82. The van der Waals surface area contributed by atoms with E-state index in [2.05, 4.69) is 37.3 Å². The molecule has 0 N–H and O–H groups in total. The van der Waals surface area contributed by atoms with Crippen molar-refractivity contribution in [1.29, 1.82) is 0 Å². The molecule has 0 unspecified atom stereocenters. The fourth-order valence-electron chi connectivity index (χ4n) is 3.87. The highest BCUT2D eigenvalue weighted by Gasteiger charge is 2.24. The van der Waals surface area contributed by atoms with Gasteiger partial charge in [-0.15, -0.1) is 11.3 Å². The predicted octanol–water partition coefficient (Wildman–Crippen LogP) is 4.57. The maximum absolute atomic E-state index is 4.99. The molecule has 3 heterocycles. The molecular formula is C21H20N4S. The summed E-state index contributed by atoms with van der Waals surface area (Å²) < 4.78 is 2.00. The van der Waals surface area contributed by atoms with Crippen LogP contribution in [0.2, 0.25) is 0 Å². The molecule has 3 aromatic heterocycles. The molecule has 5 heteroatoms. The van der Waals surface area contributed by atoms with Crippen molar-refractivity contribution in [2.75, 3.05) is 0 Å². The smallest absolute Gasteiger partial charge is 0.166 e. The second-order valence-electron chi connectivity index (χ2n) is 7.00. The van der Waals surface area contributed by atoms with Gasteiger partial charge in [0.2, 0.25) is 0 Å². The molecule has 0 radical (unpaired) electrons. The normalized spacial score (nSPS) is 13.5. The molecule has 5 rings (SSSR count). The average Bonchev–Trinajstić information content (AvgIpc) is 3.29. The van der Waals surface area contributed by atoms with Crippen LogP contribution in [0.5, 0.6) is 0 Å². The van der Waals surface area contributed by atoms with Gasteiger partial charge in [0, 0.05) is 17.0 Å². The molecule has 0 atom stereocenters. The first-order valence-electron chi connectivity index (χ1n) is 9.08. The third kappa shape index (κ3) is 2.54. The third-order valence-corrected chi connectivity index (χ3v) is 6.19. The summed E-state index contributed by atoms with van der Waals surface area (Å²) in [5, 5.41) is 5.93. The molecule has 0 bridgehead atoms. The molecule has 0 fully saturated rings. The van der Waals surface area contributed by atoms with Crippen molar-refractivity contribution in [2.24, 2.45) is 0 Å². The van der Waals surface area contributed by atoms with Gasteiger partial charge < -0.3 is 0 Å². The molecule has 130 valence electrons. The van der Waals surface area contributed by atoms with Crippen LogP contribution in [0, 0.1) is 13.8 Å². The Morgan fingerprint density at radius 2 is 1.92 bits per heavy atom. The van der Waals surface area contributed by atoms with Crippen LogP contribution in [-0.2, 0) is 19.3 Å². The van der Waals surface area contributed by atoms with Gasteiger partial charge in [0.05, 0.1) is 11.1 Å². The molecule has 4 aromatic rings. The minimum Gasteiger partial charge on any atom is -0.221 e. The van der Waals surface area contributed by atoms with Crippen molar-refractivity contribution in [3.8, 4) is 5.82 Å². The van der Waals surface area contributed by atoms with Crippen LogP contribution in [0.4, 0.5) is 0 Å². The quantitative estimate of drug-likeness (QED) is 0.537. The minimum absolute atomic E-state index is 0.742. The molecule has 0 saturated heterocycles. The molecule has 26 heavy (non-hydrogen) atoms. The van der Waals surface area contributed by atoms with Gasteiger partial charge in [-0.2, -0.15) is 5.10 Å². The van der Waals surface area contributed by atoms with E-state index in [1.807, 2.05) is 29.0 Å². The van der Waals surface area contributed by atoms with Gasteiger partial charge in [0.25, 0.3) is 0 Å². The second-order valence-corrected chi connectivity index (χ2v) is 8.09. The lowest BCUT2D eigenvalue weighted by Crippen LogP contribution is -2.07. The average molecular weight is 360 g/mol. The van der Waals surface area contributed by atoms with Crippen LogP contribution in [0.3, 0.4) is 0 Å². The van der Waals surface area contributed by atoms with E-state index < -0.39 is 0 Å². The second kappa shape index (κ2) is 6.02. The first-order valence-corrected chi connectivity index (χ1v) is 9.89. The van der Waals surface area contributed by atoms with Crippen molar-refractivity contribution < 1.29 is 0 Å². The number of hydrogen-bond acceptors (Lipinski definition) is 4. The fourth-order valence-corrected chi connectivity index (χ4v) is 5.15. The molecule has 1 aliphatic carbocycles. The number of nitrogens with zero attached hydrogens (tertiary/aromatic N) is 4. The van der Waals surface area contributed by atoms with Gasteiger partial charge in [-0.3, -0.25) is 0 Å². The van der Waals surface area contributed by atoms with Gasteiger partial charge in [-0.25, -0.2) is 14.6 Å². The highest BCUT2D eigenvalue weighted by molar-refractivity contribution is 7.19. The van der Waals surface area contributed by atoms with Gasteiger partial charge >= 0.3 is 0 Å². The number of thiophene rings is 1. The number of aryl methyl sites for hydroxylation is 4. The maximum atomic E-state index is 4.99. The zero-order valence-electron chi connectivity index (χ0n) is 15.0. The Morgan fingerprint density at radius 3 is 2.69 bits per heavy atom. The van der Waals surface area contributed by atoms with E-state index in [9.17, 15) is 0 Å². The zero-order chi connectivity index (χ0) is 17.7. The molecule has 1 aromatic carbocycles. The topological polar surface area (TPSA) is 43.6 Å². The number of rotatable bonds is 3. The van der Waals surface area contributed by atoms with Crippen LogP contribution in [0.1, 0.15) is 39.6 Å². The van der Waals surface area contributed by atoms with Crippen LogP contribution in [0.25, 0.3) is 16.0 Å². The van der Waals surface area contributed by atoms with Crippen molar-refractivity contribution in [1.82, 2.24) is 19.7 Å². The van der Waals surface area contributed by atoms with E-state index in [1.165, 1.54) is 34.2 Å². The number of aromatic nitrogens is 4. The monoisotopic (exact) mass is 360 g/mol. The van der Waals surface area contributed by atoms with E-state index in [-0.39, 0.29) is 0 Å². The highest BCUT2D eigenvalue weighted by atomic mass is 32.1. The summed E-state index contributed by atoms with van der Waals surface area (Å²) in [6.07, 6.45) is 4.27. The summed E-state index contributed by atoms with van der Waals surface area (Å²) in [7, 11) is 0. The number of benzene rings is 1. The largest absolute Gasteiger partial charge is 0.221 e. The summed E-state index contributed by atoms with van der Waals surface area (Å²) in [6, 6.07) is 12.5. The lowest BCUT2D eigenvalue weighted by molar-refractivity contribution is 0.797. The van der Waals surface area contributed by atoms with Crippen molar-refractivity contribution in [2.45, 2.75) is 39.5 Å². The molecule has 0 spiro atoms. The van der Waals surface area contributed by atoms with E-state index in [0.29, 0.717) is 0 Å². The van der Waals surface area contributed by atoms with Gasteiger partial charge in [0.1, 0.15) is 10.7 Å². The lowest BCUT2D eigenvalue weighted by atomic mass is 10.1. The number of fused-ring (bicyclic) bond motifs is 3. The summed E-state index contributed by atoms with van der Waals surface area (Å²) in [5.41, 5.74) is 4.81. The van der Waals surface area contributed by atoms with Gasteiger partial charge in [-0.1, -0.05) is 30.3 Å². The van der Waals surface area contributed by atoms with E-state index in [4.69, 9.17) is 15.1 Å². The molecule has 4 nitrogen and oxygen atoms in total. The molecule has 0 saturated carbocycles. The van der Waals surface area contributed by atoms with Crippen LogP contribution >= 0.6 is 11.3 Å². The standard InChI is InChI=1S/C21H20N4S/c1-13-11-14(2)25(24-13)20-19-16-9-6-10-17(16)26-21(19)23-18(22-20)12-15-7-4-3-5-8-15/h3-5,7-8,11H,6,9-10,12H2,1-2H3. The summed E-state index contributed by atoms with van der Waals surface area (Å²) in [4.78, 5) is 12.5. The van der Waals surface area contributed by atoms with Crippen molar-refractivity contribution in [3.05, 3.63) is 69.6 Å². The van der Waals surface area contributed by atoms with Crippen molar-refractivity contribution >= 4 is 21.6 Å². The predicted molar refractivity (Wildman–Crippen MR) is 105 cm³/mol. The van der Waals surface area contributed by atoms with Crippen molar-refractivity contribution in [3.63, 3.8) is 0 Å². The van der Waals surface area contributed by atoms with Gasteiger partial charge in [0.15, 0.2) is 5.82 Å². The number of hydrogen-bond donors (Lipinski definition) is 0. The van der Waals surface area contributed by atoms with Crippen LogP contribution in [0.15, 0.2) is 36.4 Å². The van der Waals surface area contributed by atoms with E-state index in [1.54, 1.807) is 0 Å². The lowest BCUT2D eigenvalue weighted by Gasteiger charge is -2.09.